The van der Waals surface area contributed by atoms with E-state index in [2.05, 4.69) is 4.94 Å². The fraction of sp³-hybridized carbons (Fsp3) is 1.00. The maximum absolute atomic E-state index is 11.0. The lowest BCUT2D eigenvalue weighted by molar-refractivity contribution is -0.139. The maximum Gasteiger partial charge on any atom is 0.103 e. The van der Waals surface area contributed by atoms with Crippen LogP contribution in [-0.2, 0) is 4.94 Å². The van der Waals surface area contributed by atoms with Crippen LogP contribution in [0.4, 0.5) is 4.53 Å². The Hall–Kier alpha value is -0.150. The van der Waals surface area contributed by atoms with Crippen molar-refractivity contribution in [3.63, 3.8) is 0 Å². The highest BCUT2D eigenvalue weighted by Crippen LogP contribution is 1.97. The molecule has 3 heteroatoms. The minimum Gasteiger partial charge on any atom is -0.325 e. The monoisotopic (exact) mass is 121 g/mol. The van der Waals surface area contributed by atoms with Crippen LogP contribution in [0, 0.1) is 5.92 Å². The van der Waals surface area contributed by atoms with Gasteiger partial charge in [0, 0.05) is 6.04 Å². The van der Waals surface area contributed by atoms with E-state index in [4.69, 9.17) is 5.73 Å². The molecule has 0 aromatic heterocycles. The van der Waals surface area contributed by atoms with Crippen molar-refractivity contribution < 1.29 is 9.47 Å². The Kier molecular flexibility index (Phi) is 3.73. The molecule has 0 radical (unpaired) electrons. The third-order valence-electron chi connectivity index (χ3n) is 1.11. The van der Waals surface area contributed by atoms with Crippen LogP contribution in [0.2, 0.25) is 0 Å². The van der Waals surface area contributed by atoms with Crippen LogP contribution < -0.4 is 5.73 Å². The van der Waals surface area contributed by atoms with Crippen molar-refractivity contribution in [2.24, 2.45) is 11.7 Å². The second-order valence-corrected chi connectivity index (χ2v) is 2.18. The van der Waals surface area contributed by atoms with Gasteiger partial charge in [0.05, 0.1) is 0 Å². The lowest BCUT2D eigenvalue weighted by Gasteiger charge is -2.10. The van der Waals surface area contributed by atoms with Gasteiger partial charge in [0.15, 0.2) is 0 Å². The van der Waals surface area contributed by atoms with Gasteiger partial charge in [0.2, 0.25) is 0 Å². The molecule has 1 unspecified atom stereocenters. The zero-order valence-corrected chi connectivity index (χ0v) is 5.23. The first-order chi connectivity index (χ1) is 3.68. The largest absolute Gasteiger partial charge is 0.325 e. The van der Waals surface area contributed by atoms with Crippen molar-refractivity contribution in [1.29, 1.82) is 0 Å². The fourth-order valence-corrected chi connectivity index (χ4v) is 0.265. The van der Waals surface area contributed by atoms with E-state index >= 15 is 0 Å². The molecule has 2 nitrogen and oxygen atoms in total. The smallest absolute Gasteiger partial charge is 0.103 e. The first-order valence-electron chi connectivity index (χ1n) is 2.67. The van der Waals surface area contributed by atoms with Crippen LogP contribution in [-0.4, -0.2) is 12.6 Å². The average Bonchev–Trinajstić information content (AvgIpc) is 1.67. The molecule has 2 N–H and O–H groups in total. The predicted octanol–water partition coefficient (Wildman–Crippen LogP) is 0.871. The summed E-state index contributed by atoms with van der Waals surface area (Å²) in [5.74, 6) is 0.283. The minimum absolute atomic E-state index is 0.00231. The predicted molar refractivity (Wildman–Crippen MR) is 29.9 cm³/mol. The summed E-state index contributed by atoms with van der Waals surface area (Å²) in [7, 11) is 0. The number of nitrogens with two attached hydrogens (primary N) is 1. The highest BCUT2D eigenvalue weighted by molar-refractivity contribution is 4.62. The van der Waals surface area contributed by atoms with E-state index in [1.165, 1.54) is 0 Å². The Bertz CT molecular complexity index is 58.4. The number of halogens is 1. The first kappa shape index (κ1) is 7.85. The van der Waals surface area contributed by atoms with Gasteiger partial charge in [-0.2, -0.15) is 4.94 Å². The summed E-state index contributed by atoms with van der Waals surface area (Å²) in [5.41, 5.74) is 5.36. The van der Waals surface area contributed by atoms with Gasteiger partial charge < -0.3 is 5.73 Å². The highest BCUT2D eigenvalue weighted by Gasteiger charge is 2.06. The van der Waals surface area contributed by atoms with E-state index in [0.717, 1.165) is 0 Å². The Morgan fingerprint density at radius 1 is 1.62 bits per heavy atom. The van der Waals surface area contributed by atoms with Crippen LogP contribution in [0.1, 0.15) is 13.8 Å². The Morgan fingerprint density at radius 2 is 2.12 bits per heavy atom. The van der Waals surface area contributed by atoms with Gasteiger partial charge in [-0.15, -0.1) is 0 Å². The molecule has 0 fully saturated rings. The van der Waals surface area contributed by atoms with E-state index < -0.39 is 0 Å². The molecule has 0 aliphatic carbocycles. The molecular weight excluding hydrogens is 109 g/mol. The third-order valence-corrected chi connectivity index (χ3v) is 1.11. The van der Waals surface area contributed by atoms with Gasteiger partial charge in [-0.05, 0) is 10.4 Å². The van der Waals surface area contributed by atoms with Gasteiger partial charge in [0.25, 0.3) is 0 Å². The van der Waals surface area contributed by atoms with E-state index in [9.17, 15) is 4.53 Å². The molecule has 0 aliphatic rings. The Balaban J connectivity index is 3.17. The highest BCUT2D eigenvalue weighted by atomic mass is 19.3. The van der Waals surface area contributed by atoms with E-state index in [0.29, 0.717) is 0 Å². The molecule has 8 heavy (non-hydrogen) atoms. The van der Waals surface area contributed by atoms with Crippen molar-refractivity contribution in [2.45, 2.75) is 19.9 Å². The molecule has 0 aliphatic heterocycles. The molecule has 0 heterocycles. The summed E-state index contributed by atoms with van der Waals surface area (Å²) < 4.78 is 11.0. The van der Waals surface area contributed by atoms with Crippen molar-refractivity contribution in [3.05, 3.63) is 0 Å². The van der Waals surface area contributed by atoms with Gasteiger partial charge in [0.1, 0.15) is 6.61 Å². The van der Waals surface area contributed by atoms with Gasteiger partial charge in [-0.25, -0.2) is 0 Å². The van der Waals surface area contributed by atoms with E-state index in [-0.39, 0.29) is 18.6 Å². The van der Waals surface area contributed by atoms with Crippen molar-refractivity contribution >= 4 is 0 Å². The Labute approximate surface area is 48.7 Å². The van der Waals surface area contributed by atoms with Crippen molar-refractivity contribution in [1.82, 2.24) is 0 Å². The van der Waals surface area contributed by atoms with Crippen molar-refractivity contribution in [3.8, 4) is 0 Å². The molecule has 0 bridgehead atoms. The minimum atomic E-state index is -0.181. The summed E-state index contributed by atoms with van der Waals surface area (Å²) in [6.07, 6.45) is 0. The molecule has 0 aromatic carbocycles. The summed E-state index contributed by atoms with van der Waals surface area (Å²) in [6.45, 7) is 3.84. The first-order valence-corrected chi connectivity index (χ1v) is 2.67. The molecule has 0 rings (SSSR count). The average molecular weight is 121 g/mol. The molecule has 0 spiro atoms. The summed E-state index contributed by atoms with van der Waals surface area (Å²) in [6, 6.07) is -0.181. The summed E-state index contributed by atoms with van der Waals surface area (Å²) in [5, 5.41) is 0. The molecule has 0 aromatic rings. The van der Waals surface area contributed by atoms with Crippen molar-refractivity contribution in [2.75, 3.05) is 6.61 Å². The quantitative estimate of drug-likeness (QED) is 0.601. The van der Waals surface area contributed by atoms with Crippen LogP contribution in [0.15, 0.2) is 0 Å². The van der Waals surface area contributed by atoms with E-state index in [1.54, 1.807) is 0 Å². The zero-order chi connectivity index (χ0) is 6.57. The summed E-state index contributed by atoms with van der Waals surface area (Å²) in [4.78, 5) is 3.34. The number of hydrogen-bond donors (Lipinski definition) is 1. The Morgan fingerprint density at radius 3 is 2.25 bits per heavy atom. The molecule has 0 saturated carbocycles. The maximum atomic E-state index is 11.0. The lowest BCUT2D eigenvalue weighted by Crippen LogP contribution is -2.30. The summed E-state index contributed by atoms with van der Waals surface area (Å²) >= 11 is 0. The van der Waals surface area contributed by atoms with Gasteiger partial charge >= 0.3 is 0 Å². The normalized spacial score (nSPS) is 14.6. The van der Waals surface area contributed by atoms with Crippen LogP contribution >= 0.6 is 0 Å². The lowest BCUT2D eigenvalue weighted by atomic mass is 10.1. The molecule has 1 atom stereocenters. The topological polar surface area (TPSA) is 35.2 Å². The third kappa shape index (κ3) is 2.93. The van der Waals surface area contributed by atoms with Crippen LogP contribution in [0.25, 0.3) is 0 Å². The zero-order valence-electron chi connectivity index (χ0n) is 5.23. The molecule has 0 amide bonds. The van der Waals surface area contributed by atoms with Crippen LogP contribution in [0.5, 0.6) is 0 Å². The van der Waals surface area contributed by atoms with Crippen LogP contribution in [0.3, 0.4) is 0 Å². The number of rotatable bonds is 3. The second kappa shape index (κ2) is 3.80. The molecular formula is C5H12FNO. The standard InChI is InChI=1S/C5H12FNO/c1-4(2)5(7)3-8-6/h4-5H,3,7H2,1-2H3. The second-order valence-electron chi connectivity index (χ2n) is 2.18. The van der Waals surface area contributed by atoms with E-state index in [1.807, 2.05) is 13.8 Å². The number of hydrogen-bond acceptors (Lipinski definition) is 2. The molecule has 50 valence electrons. The van der Waals surface area contributed by atoms with Gasteiger partial charge in [-0.3, -0.25) is 0 Å². The molecule has 0 saturated heterocycles. The fourth-order valence-electron chi connectivity index (χ4n) is 0.265. The van der Waals surface area contributed by atoms with Gasteiger partial charge in [-0.1, -0.05) is 13.8 Å². The SMILES string of the molecule is CC(C)C(N)COF.